The second-order valence-electron chi connectivity index (χ2n) is 3.62. The van der Waals surface area contributed by atoms with Crippen LogP contribution in [0, 0.1) is 11.3 Å². The van der Waals surface area contributed by atoms with Crippen molar-refractivity contribution in [1.82, 2.24) is 4.98 Å². The highest BCUT2D eigenvalue weighted by Gasteiger charge is 2.07. The molecule has 1 aromatic carbocycles. The third-order valence-electron chi connectivity index (χ3n) is 2.27. The summed E-state index contributed by atoms with van der Waals surface area (Å²) in [4.78, 5) is 15.7. The summed E-state index contributed by atoms with van der Waals surface area (Å²) in [6.07, 6.45) is 1.36. The number of hydrogen-bond donors (Lipinski definition) is 2. The van der Waals surface area contributed by atoms with E-state index >= 15 is 0 Å². The molecule has 0 fully saturated rings. The zero-order valence-corrected chi connectivity index (χ0v) is 9.42. The largest absolute Gasteiger partial charge is 0.399 e. The molecule has 88 valence electrons. The van der Waals surface area contributed by atoms with Gasteiger partial charge in [0.05, 0.1) is 5.56 Å². The summed E-state index contributed by atoms with van der Waals surface area (Å²) in [5, 5.41) is 11.3. The molecule has 0 aliphatic carbocycles. The average Bonchev–Trinajstić information content (AvgIpc) is 2.39. The molecule has 0 saturated heterocycles. The van der Waals surface area contributed by atoms with Gasteiger partial charge in [0, 0.05) is 17.6 Å². The van der Waals surface area contributed by atoms with E-state index in [2.05, 4.69) is 10.3 Å². The lowest BCUT2D eigenvalue weighted by Crippen LogP contribution is -2.13. The van der Waals surface area contributed by atoms with E-state index in [0.717, 1.165) is 0 Å². The summed E-state index contributed by atoms with van der Waals surface area (Å²) in [6.45, 7) is 0. The number of amides is 1. The quantitative estimate of drug-likeness (QED) is 0.780. The van der Waals surface area contributed by atoms with Gasteiger partial charge in [0.1, 0.15) is 11.8 Å². The molecule has 2 aromatic rings. The van der Waals surface area contributed by atoms with E-state index in [0.29, 0.717) is 16.9 Å². The van der Waals surface area contributed by atoms with Gasteiger partial charge in [-0.15, -0.1) is 0 Å². The summed E-state index contributed by atoms with van der Waals surface area (Å²) < 4.78 is 0. The molecule has 1 amide bonds. The first-order chi connectivity index (χ1) is 8.69. The molecule has 0 atom stereocenters. The topological polar surface area (TPSA) is 91.8 Å². The molecule has 1 heterocycles. The fraction of sp³-hybridized carbons (Fsp3) is 0. The Kier molecular flexibility index (Phi) is 3.21. The van der Waals surface area contributed by atoms with Gasteiger partial charge in [0.15, 0.2) is 0 Å². The first-order valence-corrected chi connectivity index (χ1v) is 5.22. The summed E-state index contributed by atoms with van der Waals surface area (Å²) in [5.74, 6) is -0.343. The Bertz CT molecular complexity index is 614. The lowest BCUT2D eigenvalue weighted by molar-refractivity contribution is 0.102. The first-order valence-electron chi connectivity index (χ1n) is 5.22. The number of nitriles is 1. The number of nitrogens with zero attached hydrogens (tertiary/aromatic N) is 2. The smallest absolute Gasteiger partial charge is 0.274 e. The first kappa shape index (κ1) is 11.6. The number of aromatic nitrogens is 1. The highest BCUT2D eigenvalue weighted by molar-refractivity contribution is 6.03. The van der Waals surface area contributed by atoms with Crippen LogP contribution in [0.15, 0.2) is 42.6 Å². The minimum atomic E-state index is -0.343. The molecule has 0 spiro atoms. The van der Waals surface area contributed by atoms with Crippen molar-refractivity contribution in [2.45, 2.75) is 0 Å². The third kappa shape index (κ3) is 2.62. The van der Waals surface area contributed by atoms with Gasteiger partial charge < -0.3 is 11.1 Å². The third-order valence-corrected chi connectivity index (χ3v) is 2.27. The van der Waals surface area contributed by atoms with Crippen LogP contribution in [0.2, 0.25) is 0 Å². The molecule has 18 heavy (non-hydrogen) atoms. The Morgan fingerprint density at radius 1 is 1.33 bits per heavy atom. The molecule has 0 saturated carbocycles. The highest BCUT2D eigenvalue weighted by Crippen LogP contribution is 2.12. The summed E-state index contributed by atoms with van der Waals surface area (Å²) in [7, 11) is 0. The predicted octanol–water partition coefficient (Wildman–Crippen LogP) is 1.79. The van der Waals surface area contributed by atoms with Crippen LogP contribution in [-0.2, 0) is 0 Å². The Morgan fingerprint density at radius 3 is 2.78 bits per heavy atom. The van der Waals surface area contributed by atoms with E-state index in [-0.39, 0.29) is 11.6 Å². The van der Waals surface area contributed by atoms with Gasteiger partial charge in [-0.2, -0.15) is 5.26 Å². The predicted molar refractivity (Wildman–Crippen MR) is 67.8 cm³/mol. The number of rotatable bonds is 2. The maximum Gasteiger partial charge on any atom is 0.274 e. The summed E-state index contributed by atoms with van der Waals surface area (Å²) >= 11 is 0. The van der Waals surface area contributed by atoms with Crippen molar-refractivity contribution >= 4 is 17.3 Å². The number of hydrogen-bond acceptors (Lipinski definition) is 4. The minimum absolute atomic E-state index is 0.247. The molecule has 0 radical (unpaired) electrons. The molecular weight excluding hydrogens is 228 g/mol. The molecule has 5 nitrogen and oxygen atoms in total. The van der Waals surface area contributed by atoms with E-state index < -0.39 is 0 Å². The molecule has 5 heteroatoms. The summed E-state index contributed by atoms with van der Waals surface area (Å²) in [5.41, 5.74) is 7.44. The van der Waals surface area contributed by atoms with Crippen LogP contribution in [0.5, 0.6) is 0 Å². The van der Waals surface area contributed by atoms with E-state index in [1.807, 2.05) is 6.07 Å². The number of carbonyl (C=O) groups excluding carboxylic acids is 1. The van der Waals surface area contributed by atoms with Gasteiger partial charge in [-0.05, 0) is 30.3 Å². The van der Waals surface area contributed by atoms with Crippen LogP contribution in [0.25, 0.3) is 0 Å². The van der Waals surface area contributed by atoms with Crippen LogP contribution in [0.3, 0.4) is 0 Å². The van der Waals surface area contributed by atoms with Crippen molar-refractivity contribution in [1.29, 1.82) is 5.26 Å². The van der Waals surface area contributed by atoms with Gasteiger partial charge in [-0.3, -0.25) is 4.79 Å². The second kappa shape index (κ2) is 4.97. The van der Waals surface area contributed by atoms with Crippen molar-refractivity contribution in [3.05, 3.63) is 53.9 Å². The van der Waals surface area contributed by atoms with E-state index in [1.54, 1.807) is 30.3 Å². The molecule has 0 aliphatic rings. The number of nitrogens with one attached hydrogen (secondary N) is 1. The second-order valence-corrected chi connectivity index (χ2v) is 3.62. The fourth-order valence-electron chi connectivity index (χ4n) is 1.41. The zero-order valence-electron chi connectivity index (χ0n) is 9.42. The molecule has 0 unspecified atom stereocenters. The van der Waals surface area contributed by atoms with Crippen molar-refractivity contribution in [2.24, 2.45) is 0 Å². The van der Waals surface area contributed by atoms with Gasteiger partial charge in [-0.1, -0.05) is 6.07 Å². The summed E-state index contributed by atoms with van der Waals surface area (Å²) in [6, 6.07) is 11.8. The van der Waals surface area contributed by atoms with Crippen LogP contribution < -0.4 is 11.1 Å². The Morgan fingerprint density at radius 2 is 2.17 bits per heavy atom. The number of carbonyl (C=O) groups is 1. The van der Waals surface area contributed by atoms with Gasteiger partial charge >= 0.3 is 0 Å². The molecule has 0 bridgehead atoms. The van der Waals surface area contributed by atoms with Crippen LogP contribution in [-0.4, -0.2) is 10.9 Å². The van der Waals surface area contributed by atoms with Crippen molar-refractivity contribution in [2.75, 3.05) is 11.1 Å². The van der Waals surface area contributed by atoms with Crippen molar-refractivity contribution in [3.8, 4) is 6.07 Å². The maximum absolute atomic E-state index is 11.8. The Balaban J connectivity index is 2.14. The van der Waals surface area contributed by atoms with Crippen LogP contribution >= 0.6 is 0 Å². The number of pyridine rings is 1. The number of benzene rings is 1. The standard InChI is InChI=1S/C13H10N4O/c14-7-9-4-5-12(16-8-9)13(18)17-11-3-1-2-10(15)6-11/h1-6,8H,15H2,(H,17,18). The zero-order chi connectivity index (χ0) is 13.0. The Labute approximate surface area is 104 Å². The SMILES string of the molecule is N#Cc1ccc(C(=O)Nc2cccc(N)c2)nc1. The number of anilines is 2. The molecule has 1 aromatic heterocycles. The highest BCUT2D eigenvalue weighted by atomic mass is 16.1. The van der Waals surface area contributed by atoms with E-state index in [1.165, 1.54) is 12.3 Å². The maximum atomic E-state index is 11.8. The van der Waals surface area contributed by atoms with Gasteiger partial charge in [0.25, 0.3) is 5.91 Å². The average molecular weight is 238 g/mol. The van der Waals surface area contributed by atoms with Crippen LogP contribution in [0.4, 0.5) is 11.4 Å². The lowest BCUT2D eigenvalue weighted by Gasteiger charge is -2.05. The van der Waals surface area contributed by atoms with Gasteiger partial charge in [0.2, 0.25) is 0 Å². The van der Waals surface area contributed by atoms with E-state index in [4.69, 9.17) is 11.0 Å². The van der Waals surface area contributed by atoms with Crippen molar-refractivity contribution in [3.63, 3.8) is 0 Å². The fourth-order valence-corrected chi connectivity index (χ4v) is 1.41. The van der Waals surface area contributed by atoms with Crippen LogP contribution in [0.1, 0.15) is 16.1 Å². The minimum Gasteiger partial charge on any atom is -0.399 e. The normalized spacial score (nSPS) is 9.50. The Hall–Kier alpha value is -2.87. The molecular formula is C13H10N4O. The number of nitrogen functional groups attached to an aromatic ring is 1. The lowest BCUT2D eigenvalue weighted by atomic mass is 10.2. The number of nitrogens with two attached hydrogens (primary N) is 1. The van der Waals surface area contributed by atoms with Gasteiger partial charge in [-0.25, -0.2) is 4.98 Å². The van der Waals surface area contributed by atoms with E-state index in [9.17, 15) is 4.79 Å². The molecule has 2 rings (SSSR count). The van der Waals surface area contributed by atoms with Crippen molar-refractivity contribution < 1.29 is 4.79 Å². The monoisotopic (exact) mass is 238 g/mol. The molecule has 0 aliphatic heterocycles. The molecule has 3 N–H and O–H groups in total.